The van der Waals surface area contributed by atoms with Crippen molar-refractivity contribution in [3.63, 3.8) is 0 Å². The van der Waals surface area contributed by atoms with Gasteiger partial charge in [0, 0.05) is 19.2 Å². The molecular weight excluding hydrogens is 338 g/mol. The van der Waals surface area contributed by atoms with Crippen molar-refractivity contribution in [1.82, 2.24) is 4.90 Å². The first-order valence-corrected chi connectivity index (χ1v) is 11.1. The molecule has 1 N–H and O–H groups in total. The Balaban J connectivity index is 1.59. The molecule has 1 heterocycles. The van der Waals surface area contributed by atoms with E-state index in [0.29, 0.717) is 24.5 Å². The monoisotopic (exact) mass is 377 g/mol. The summed E-state index contributed by atoms with van der Waals surface area (Å²) in [7, 11) is 0. The van der Waals surface area contributed by atoms with Gasteiger partial charge >= 0.3 is 0 Å². The van der Waals surface area contributed by atoms with Gasteiger partial charge in [0.2, 0.25) is 5.91 Å². The van der Waals surface area contributed by atoms with Gasteiger partial charge in [-0.1, -0.05) is 25.3 Å². The molecule has 3 rings (SSSR count). The molecule has 4 nitrogen and oxygen atoms in total. The Bertz CT molecular complexity index is 544. The summed E-state index contributed by atoms with van der Waals surface area (Å²) in [5.74, 6) is 1.56. The summed E-state index contributed by atoms with van der Waals surface area (Å²) >= 11 is 0. The van der Waals surface area contributed by atoms with E-state index < -0.39 is 5.60 Å². The highest BCUT2D eigenvalue weighted by atomic mass is 16.5. The van der Waals surface area contributed by atoms with Gasteiger partial charge in [0.15, 0.2) is 0 Å². The molecule has 27 heavy (non-hydrogen) atoms. The number of allylic oxidation sites excluding steroid dienone is 1. The molecule has 3 atom stereocenters. The lowest BCUT2D eigenvalue weighted by atomic mass is 9.62. The lowest BCUT2D eigenvalue weighted by molar-refractivity contribution is -0.130. The molecule has 1 amide bonds. The third kappa shape index (κ3) is 5.14. The van der Waals surface area contributed by atoms with E-state index in [4.69, 9.17) is 4.74 Å². The molecule has 0 bridgehead atoms. The third-order valence-corrected chi connectivity index (χ3v) is 7.38. The number of carbonyl (C=O) groups is 1. The van der Waals surface area contributed by atoms with E-state index >= 15 is 0 Å². The van der Waals surface area contributed by atoms with Gasteiger partial charge < -0.3 is 14.7 Å². The largest absolute Gasteiger partial charge is 0.390 e. The first kappa shape index (κ1) is 20.9. The Morgan fingerprint density at radius 1 is 1.30 bits per heavy atom. The van der Waals surface area contributed by atoms with Crippen molar-refractivity contribution >= 4 is 5.91 Å². The zero-order chi connectivity index (χ0) is 19.5. The van der Waals surface area contributed by atoms with Crippen LogP contribution in [-0.2, 0) is 9.53 Å². The predicted octanol–water partition coefficient (Wildman–Crippen LogP) is 4.32. The molecule has 0 radical (unpaired) electrons. The van der Waals surface area contributed by atoms with Crippen molar-refractivity contribution in [1.29, 1.82) is 0 Å². The van der Waals surface area contributed by atoms with Gasteiger partial charge in [-0.15, -0.1) is 0 Å². The molecule has 3 unspecified atom stereocenters. The van der Waals surface area contributed by atoms with Crippen LogP contribution in [0.3, 0.4) is 0 Å². The van der Waals surface area contributed by atoms with Gasteiger partial charge in [0.1, 0.15) is 0 Å². The van der Waals surface area contributed by atoms with Crippen molar-refractivity contribution < 1.29 is 14.6 Å². The van der Waals surface area contributed by atoms with Gasteiger partial charge in [-0.05, 0) is 76.0 Å². The van der Waals surface area contributed by atoms with Crippen LogP contribution in [0.15, 0.2) is 11.6 Å². The average Bonchev–Trinajstić information content (AvgIpc) is 2.96. The topological polar surface area (TPSA) is 49.8 Å². The highest BCUT2D eigenvalue weighted by Crippen LogP contribution is 2.58. The van der Waals surface area contributed by atoms with Crippen LogP contribution in [0.2, 0.25) is 0 Å². The second-order valence-corrected chi connectivity index (χ2v) is 9.90. The van der Waals surface area contributed by atoms with Gasteiger partial charge in [-0.25, -0.2) is 0 Å². The molecule has 154 valence electrons. The summed E-state index contributed by atoms with van der Waals surface area (Å²) in [6.45, 7) is 9.10. The lowest BCUT2D eigenvalue weighted by Gasteiger charge is -2.42. The molecule has 2 saturated carbocycles. The number of amides is 1. The Labute approximate surface area is 165 Å². The van der Waals surface area contributed by atoms with Gasteiger partial charge in [0.05, 0.1) is 18.8 Å². The molecule has 3 aliphatic rings. The van der Waals surface area contributed by atoms with Crippen molar-refractivity contribution in [2.45, 2.75) is 84.2 Å². The molecule has 4 heteroatoms. The van der Waals surface area contributed by atoms with Crippen molar-refractivity contribution in [3.8, 4) is 0 Å². The fraction of sp³-hybridized carbons (Fsp3) is 0.870. The number of unbranched alkanes of at least 4 members (excludes halogenated alkanes) is 1. The number of ether oxygens (including phenoxy) is 1. The number of fused-ring (bicyclic) bond motifs is 1. The van der Waals surface area contributed by atoms with E-state index in [0.717, 1.165) is 38.3 Å². The van der Waals surface area contributed by atoms with Gasteiger partial charge in [0.25, 0.3) is 0 Å². The van der Waals surface area contributed by atoms with Crippen molar-refractivity contribution in [2.75, 3.05) is 26.3 Å². The zero-order valence-corrected chi connectivity index (χ0v) is 17.6. The second-order valence-electron chi connectivity index (χ2n) is 9.90. The SMILES string of the molecule is CC(C)(O)CCCCC1CCC2/C(=C/C(=O)N3CCOCC3)CCCC12C. The number of rotatable bonds is 6. The molecule has 2 aliphatic carbocycles. The first-order chi connectivity index (χ1) is 12.8. The molecule has 1 saturated heterocycles. The summed E-state index contributed by atoms with van der Waals surface area (Å²) in [4.78, 5) is 14.7. The summed E-state index contributed by atoms with van der Waals surface area (Å²) < 4.78 is 5.38. The van der Waals surface area contributed by atoms with Crippen LogP contribution in [0.4, 0.5) is 0 Å². The second kappa shape index (κ2) is 8.65. The Morgan fingerprint density at radius 2 is 2.04 bits per heavy atom. The average molecular weight is 378 g/mol. The first-order valence-electron chi connectivity index (χ1n) is 11.1. The van der Waals surface area contributed by atoms with E-state index in [-0.39, 0.29) is 5.91 Å². The number of hydrogen-bond acceptors (Lipinski definition) is 3. The maximum atomic E-state index is 12.7. The summed E-state index contributed by atoms with van der Waals surface area (Å²) in [6, 6.07) is 0. The number of nitrogens with zero attached hydrogens (tertiary/aromatic N) is 1. The standard InChI is InChI=1S/C23H39NO3/c1-22(2,26)11-5-4-8-19-9-10-20-18(7-6-12-23(19,20)3)17-21(25)24-13-15-27-16-14-24/h17,19-20,26H,4-16H2,1-3H3/b18-17+. The minimum absolute atomic E-state index is 0.200. The van der Waals surface area contributed by atoms with E-state index in [9.17, 15) is 9.90 Å². The van der Waals surface area contributed by atoms with Crippen LogP contribution in [-0.4, -0.2) is 47.8 Å². The molecule has 1 aliphatic heterocycles. The maximum Gasteiger partial charge on any atom is 0.246 e. The Kier molecular flexibility index (Phi) is 6.68. The quantitative estimate of drug-likeness (QED) is 0.554. The zero-order valence-electron chi connectivity index (χ0n) is 17.6. The van der Waals surface area contributed by atoms with Gasteiger partial charge in [-0.2, -0.15) is 0 Å². The van der Waals surface area contributed by atoms with E-state index in [2.05, 4.69) is 6.92 Å². The van der Waals surface area contributed by atoms with Crippen LogP contribution in [0.5, 0.6) is 0 Å². The summed E-state index contributed by atoms with van der Waals surface area (Å²) in [6.07, 6.45) is 12.6. The molecule has 0 aromatic carbocycles. The predicted molar refractivity (Wildman–Crippen MR) is 108 cm³/mol. The highest BCUT2D eigenvalue weighted by molar-refractivity contribution is 5.88. The molecule has 0 aromatic heterocycles. The van der Waals surface area contributed by atoms with Crippen LogP contribution >= 0.6 is 0 Å². The van der Waals surface area contributed by atoms with Crippen LogP contribution < -0.4 is 0 Å². The maximum absolute atomic E-state index is 12.7. The van der Waals surface area contributed by atoms with E-state index in [1.165, 1.54) is 44.1 Å². The number of aliphatic hydroxyl groups is 1. The minimum Gasteiger partial charge on any atom is -0.390 e. The van der Waals surface area contributed by atoms with Crippen molar-refractivity contribution in [3.05, 3.63) is 11.6 Å². The fourth-order valence-electron chi connectivity index (χ4n) is 5.78. The minimum atomic E-state index is -0.539. The molecule has 0 spiro atoms. The van der Waals surface area contributed by atoms with Gasteiger partial charge in [-0.3, -0.25) is 4.79 Å². The summed E-state index contributed by atoms with van der Waals surface area (Å²) in [5.41, 5.74) is 1.24. The fourth-order valence-corrected chi connectivity index (χ4v) is 5.78. The summed E-state index contributed by atoms with van der Waals surface area (Å²) in [5, 5.41) is 9.92. The van der Waals surface area contributed by atoms with E-state index in [1.54, 1.807) is 0 Å². The van der Waals surface area contributed by atoms with E-state index in [1.807, 2.05) is 24.8 Å². The number of carbonyl (C=O) groups excluding carboxylic acids is 1. The van der Waals surface area contributed by atoms with Crippen LogP contribution in [0, 0.1) is 17.3 Å². The Hall–Kier alpha value is -0.870. The normalized spacial score (nSPS) is 33.3. The number of hydrogen-bond donors (Lipinski definition) is 1. The van der Waals surface area contributed by atoms with Crippen LogP contribution in [0.25, 0.3) is 0 Å². The highest BCUT2D eigenvalue weighted by Gasteiger charge is 2.48. The Morgan fingerprint density at radius 3 is 2.74 bits per heavy atom. The molecular formula is C23H39NO3. The number of morpholine rings is 1. The smallest absolute Gasteiger partial charge is 0.246 e. The third-order valence-electron chi connectivity index (χ3n) is 7.38. The van der Waals surface area contributed by atoms with Crippen molar-refractivity contribution in [2.24, 2.45) is 17.3 Å². The van der Waals surface area contributed by atoms with Crippen LogP contribution in [0.1, 0.15) is 78.6 Å². The molecule has 0 aromatic rings. The lowest BCUT2D eigenvalue weighted by Crippen LogP contribution is -2.40. The molecule has 3 fully saturated rings.